The first-order valence-electron chi connectivity index (χ1n) is 14.4. The number of rotatable bonds is 9. The Bertz CT molecular complexity index is 1630. The fraction of sp³-hybridized carbons (Fsp3) is 0.469. The first kappa shape index (κ1) is 31.5. The van der Waals surface area contributed by atoms with E-state index in [1.807, 2.05) is 42.2 Å². The summed E-state index contributed by atoms with van der Waals surface area (Å²) in [7, 11) is -3.60. The van der Waals surface area contributed by atoms with Crippen LogP contribution in [-0.4, -0.2) is 56.6 Å². The first-order valence-corrected chi connectivity index (χ1v) is 16.8. The number of carboxylic acids is 1. The van der Waals surface area contributed by atoms with Crippen LogP contribution in [0.4, 0.5) is 0 Å². The van der Waals surface area contributed by atoms with Crippen molar-refractivity contribution < 1.29 is 23.1 Å². The second kappa shape index (κ2) is 11.6. The summed E-state index contributed by atoms with van der Waals surface area (Å²) >= 11 is 12.8. The lowest BCUT2D eigenvalue weighted by atomic mass is 9.68. The van der Waals surface area contributed by atoms with Gasteiger partial charge in [0.15, 0.2) is 9.84 Å². The van der Waals surface area contributed by atoms with E-state index in [0.717, 1.165) is 24.0 Å². The summed E-state index contributed by atoms with van der Waals surface area (Å²) in [5, 5.41) is 14.8. The third kappa shape index (κ3) is 6.49. The molecule has 2 fully saturated rings. The highest BCUT2D eigenvalue weighted by molar-refractivity contribution is 7.92. The molecule has 1 aromatic heterocycles. The SMILES string of the molecule is CC(C)(C)S(=O)(=O)C[C@H](C1CC1)N1C(=O)[C@@](C)(Cn2cc(C(=O)O)cn2)C[C@H](c2cccc(Cl)c2)[C@H]1c1ccc(Cl)cc1. The number of piperidine rings is 1. The summed E-state index contributed by atoms with van der Waals surface area (Å²) in [6.07, 6.45) is 4.77. The van der Waals surface area contributed by atoms with Gasteiger partial charge in [-0.05, 0) is 88.3 Å². The van der Waals surface area contributed by atoms with Gasteiger partial charge < -0.3 is 10.0 Å². The van der Waals surface area contributed by atoms with E-state index in [0.29, 0.717) is 16.5 Å². The number of carboxylic acid groups (broad SMARTS) is 1. The summed E-state index contributed by atoms with van der Waals surface area (Å²) in [6.45, 7) is 7.07. The zero-order valence-corrected chi connectivity index (χ0v) is 27.0. The van der Waals surface area contributed by atoms with E-state index < -0.39 is 38.1 Å². The molecule has 1 amide bonds. The van der Waals surface area contributed by atoms with Crippen LogP contribution >= 0.6 is 23.2 Å². The van der Waals surface area contributed by atoms with E-state index in [1.54, 1.807) is 39.0 Å². The molecule has 0 unspecified atom stereocenters. The smallest absolute Gasteiger partial charge is 0.338 e. The number of amides is 1. The van der Waals surface area contributed by atoms with Crippen LogP contribution in [0.25, 0.3) is 0 Å². The Morgan fingerprint density at radius 2 is 1.77 bits per heavy atom. The molecule has 2 heterocycles. The van der Waals surface area contributed by atoms with Crippen molar-refractivity contribution >= 4 is 44.9 Å². The van der Waals surface area contributed by atoms with Gasteiger partial charge >= 0.3 is 5.97 Å². The predicted octanol–water partition coefficient (Wildman–Crippen LogP) is 6.64. The van der Waals surface area contributed by atoms with Gasteiger partial charge in [-0.1, -0.05) is 47.5 Å². The average Bonchev–Trinajstić information content (AvgIpc) is 3.66. The second-order valence-corrected chi connectivity index (χ2v) is 16.8. The third-order valence-corrected chi connectivity index (χ3v) is 12.0. The van der Waals surface area contributed by atoms with Crippen LogP contribution in [0.15, 0.2) is 60.9 Å². The Balaban J connectivity index is 1.69. The van der Waals surface area contributed by atoms with Crippen LogP contribution in [0.3, 0.4) is 0 Å². The minimum absolute atomic E-state index is 0.0290. The molecule has 11 heteroatoms. The lowest BCUT2D eigenvalue weighted by Gasteiger charge is -2.52. The van der Waals surface area contributed by atoms with Crippen LogP contribution < -0.4 is 0 Å². The summed E-state index contributed by atoms with van der Waals surface area (Å²) in [5.74, 6) is -1.65. The van der Waals surface area contributed by atoms with Crippen molar-refractivity contribution in [3.8, 4) is 0 Å². The molecule has 2 aromatic carbocycles. The minimum atomic E-state index is -3.60. The van der Waals surface area contributed by atoms with Crippen LogP contribution in [0.5, 0.6) is 0 Å². The number of benzene rings is 2. The molecule has 5 rings (SSSR count). The Morgan fingerprint density at radius 3 is 2.33 bits per heavy atom. The van der Waals surface area contributed by atoms with Gasteiger partial charge in [-0.15, -0.1) is 0 Å². The maximum absolute atomic E-state index is 14.9. The van der Waals surface area contributed by atoms with Crippen LogP contribution in [0, 0.1) is 11.3 Å². The van der Waals surface area contributed by atoms with Crippen molar-refractivity contribution in [3.63, 3.8) is 0 Å². The number of likely N-dealkylation sites (tertiary alicyclic amines) is 1. The minimum Gasteiger partial charge on any atom is -0.478 e. The fourth-order valence-electron chi connectivity index (χ4n) is 6.21. The number of aromatic carboxylic acids is 1. The lowest BCUT2D eigenvalue weighted by Crippen LogP contribution is -2.59. The topological polar surface area (TPSA) is 110 Å². The van der Waals surface area contributed by atoms with Gasteiger partial charge in [0.25, 0.3) is 0 Å². The molecule has 3 aromatic rings. The lowest BCUT2D eigenvalue weighted by molar-refractivity contribution is -0.156. The van der Waals surface area contributed by atoms with Gasteiger partial charge in [-0.25, -0.2) is 13.2 Å². The van der Waals surface area contributed by atoms with Gasteiger partial charge in [-0.2, -0.15) is 5.10 Å². The zero-order valence-electron chi connectivity index (χ0n) is 24.7. The van der Waals surface area contributed by atoms with Crippen molar-refractivity contribution in [1.29, 1.82) is 0 Å². The van der Waals surface area contributed by atoms with Gasteiger partial charge in [0.05, 0.1) is 40.3 Å². The van der Waals surface area contributed by atoms with Gasteiger partial charge in [0, 0.05) is 28.2 Å². The molecule has 230 valence electrons. The van der Waals surface area contributed by atoms with Gasteiger partial charge in [-0.3, -0.25) is 9.48 Å². The van der Waals surface area contributed by atoms with Gasteiger partial charge in [0.2, 0.25) is 5.91 Å². The van der Waals surface area contributed by atoms with Crippen molar-refractivity contribution in [3.05, 3.63) is 87.7 Å². The monoisotopic (exact) mass is 645 g/mol. The van der Waals surface area contributed by atoms with E-state index >= 15 is 0 Å². The Morgan fingerprint density at radius 1 is 1.09 bits per heavy atom. The van der Waals surface area contributed by atoms with Crippen LogP contribution in [0.1, 0.15) is 80.4 Å². The molecule has 1 saturated heterocycles. The number of hydrogen-bond acceptors (Lipinski definition) is 5. The Labute approximate surface area is 262 Å². The molecule has 0 radical (unpaired) electrons. The molecular weight excluding hydrogens is 609 g/mol. The number of sulfone groups is 1. The van der Waals surface area contributed by atoms with Crippen molar-refractivity contribution in [2.75, 3.05) is 5.75 Å². The Hall–Kier alpha value is -2.88. The summed E-state index contributed by atoms with van der Waals surface area (Å²) in [5.41, 5.74) is 0.782. The maximum Gasteiger partial charge on any atom is 0.338 e. The summed E-state index contributed by atoms with van der Waals surface area (Å²) in [4.78, 5) is 28.3. The molecule has 0 bridgehead atoms. The van der Waals surface area contributed by atoms with E-state index in [4.69, 9.17) is 23.2 Å². The highest BCUT2D eigenvalue weighted by atomic mass is 35.5. The van der Waals surface area contributed by atoms with Crippen LogP contribution in [0.2, 0.25) is 10.0 Å². The van der Waals surface area contributed by atoms with Crippen LogP contribution in [-0.2, 0) is 21.2 Å². The quantitative estimate of drug-likeness (QED) is 0.279. The molecule has 8 nitrogen and oxygen atoms in total. The molecule has 0 spiro atoms. The molecular formula is C32H37Cl2N3O5S. The molecule has 43 heavy (non-hydrogen) atoms. The molecule has 1 N–H and O–H groups in total. The number of aromatic nitrogens is 2. The standard InChI is InChI=1S/C32H37Cl2N3O5S/c1-31(2,3)43(41,42)18-27(20-8-9-20)37-28(21-10-12-24(33)13-11-21)26(22-6-5-7-25(34)14-22)15-32(4,30(37)40)19-36-17-23(16-35-36)29(38)39/h5-7,10-14,16-17,20,26-28H,8-9,15,18-19H2,1-4H3,(H,38,39)/t26-,27-,28-,32-/m1/s1. The van der Waals surface area contributed by atoms with Gasteiger partial charge in [0.1, 0.15) is 0 Å². The maximum atomic E-state index is 14.9. The Kier molecular flexibility index (Phi) is 8.48. The largest absolute Gasteiger partial charge is 0.478 e. The first-order chi connectivity index (χ1) is 20.1. The number of carbonyl (C=O) groups is 2. The molecule has 2 aliphatic rings. The highest BCUT2D eigenvalue weighted by Gasteiger charge is 2.55. The zero-order chi connectivity index (χ0) is 31.3. The summed E-state index contributed by atoms with van der Waals surface area (Å²) in [6, 6.07) is 13.9. The molecule has 1 saturated carbocycles. The van der Waals surface area contributed by atoms with Crippen molar-refractivity contribution in [2.24, 2.45) is 11.3 Å². The fourth-order valence-corrected chi connectivity index (χ4v) is 7.92. The number of halogens is 2. The third-order valence-electron chi connectivity index (χ3n) is 8.83. The molecule has 4 atom stereocenters. The van der Waals surface area contributed by atoms with E-state index in [2.05, 4.69) is 5.10 Å². The van der Waals surface area contributed by atoms with Crippen molar-refractivity contribution in [2.45, 2.75) is 76.3 Å². The number of nitrogens with zero attached hydrogens (tertiary/aromatic N) is 3. The van der Waals surface area contributed by atoms with E-state index in [9.17, 15) is 23.1 Å². The van der Waals surface area contributed by atoms with E-state index in [-0.39, 0.29) is 35.6 Å². The normalized spacial score (nSPS) is 23.8. The van der Waals surface area contributed by atoms with Crippen molar-refractivity contribution in [1.82, 2.24) is 14.7 Å². The number of hydrogen-bond donors (Lipinski definition) is 1. The highest BCUT2D eigenvalue weighted by Crippen LogP contribution is 2.54. The number of carbonyl (C=O) groups excluding carboxylic acids is 1. The molecule has 1 aliphatic heterocycles. The summed E-state index contributed by atoms with van der Waals surface area (Å²) < 4.78 is 27.9. The predicted molar refractivity (Wildman–Crippen MR) is 167 cm³/mol. The molecule has 1 aliphatic carbocycles. The van der Waals surface area contributed by atoms with E-state index in [1.165, 1.54) is 17.1 Å². The second-order valence-electron chi connectivity index (χ2n) is 13.2. The average molecular weight is 647 g/mol.